The fourth-order valence-electron chi connectivity index (χ4n) is 2.84. The van der Waals surface area contributed by atoms with Crippen LogP contribution in [0.1, 0.15) is 39.1 Å². The molecule has 0 unspecified atom stereocenters. The molecule has 3 rings (SSSR count). The van der Waals surface area contributed by atoms with Gasteiger partial charge in [0.1, 0.15) is 0 Å². The van der Waals surface area contributed by atoms with Crippen molar-refractivity contribution in [3.05, 3.63) is 57.8 Å². The molecule has 0 aliphatic carbocycles. The number of nitrogens with zero attached hydrogens (tertiary/aromatic N) is 2. The molecule has 0 atom stereocenters. The van der Waals surface area contributed by atoms with E-state index in [4.69, 9.17) is 0 Å². The van der Waals surface area contributed by atoms with Crippen molar-refractivity contribution in [1.29, 1.82) is 0 Å². The van der Waals surface area contributed by atoms with Crippen LogP contribution >= 0.6 is 11.3 Å². The number of carbonyl (C=O) groups is 2. The lowest BCUT2D eigenvalue weighted by Crippen LogP contribution is -2.37. The SMILES string of the molecule is CN=C(NCCCCN1C(=O)c2ccccc2C1=O)NCc1ccsc1. The van der Waals surface area contributed by atoms with Crippen molar-refractivity contribution < 1.29 is 9.59 Å². The third-order valence-corrected chi connectivity index (χ3v) is 4.97. The fourth-order valence-corrected chi connectivity index (χ4v) is 3.51. The molecule has 2 amide bonds. The first-order valence-electron chi connectivity index (χ1n) is 8.61. The highest BCUT2D eigenvalue weighted by Gasteiger charge is 2.34. The van der Waals surface area contributed by atoms with Gasteiger partial charge in [-0.2, -0.15) is 11.3 Å². The van der Waals surface area contributed by atoms with Gasteiger partial charge in [0.15, 0.2) is 5.96 Å². The predicted molar refractivity (Wildman–Crippen MR) is 104 cm³/mol. The Morgan fingerprint density at radius 1 is 1.08 bits per heavy atom. The van der Waals surface area contributed by atoms with Crippen LogP contribution in [-0.2, 0) is 6.54 Å². The van der Waals surface area contributed by atoms with Gasteiger partial charge in [-0.3, -0.25) is 19.5 Å². The van der Waals surface area contributed by atoms with E-state index in [1.807, 2.05) is 5.38 Å². The lowest BCUT2D eigenvalue weighted by molar-refractivity contribution is 0.0652. The smallest absolute Gasteiger partial charge is 0.261 e. The number of rotatable bonds is 7. The molecule has 2 aromatic rings. The van der Waals surface area contributed by atoms with Crippen molar-refractivity contribution in [3.8, 4) is 0 Å². The van der Waals surface area contributed by atoms with Crippen LogP contribution in [0.4, 0.5) is 0 Å². The molecule has 0 spiro atoms. The maximum atomic E-state index is 12.3. The maximum absolute atomic E-state index is 12.3. The third-order valence-electron chi connectivity index (χ3n) is 4.24. The van der Waals surface area contributed by atoms with E-state index in [9.17, 15) is 9.59 Å². The number of guanidine groups is 1. The highest BCUT2D eigenvalue weighted by atomic mass is 32.1. The largest absolute Gasteiger partial charge is 0.356 e. The highest BCUT2D eigenvalue weighted by Crippen LogP contribution is 2.22. The summed E-state index contributed by atoms with van der Waals surface area (Å²) in [5.74, 6) is 0.371. The third kappa shape index (κ3) is 4.11. The van der Waals surface area contributed by atoms with Crippen LogP contribution in [0, 0.1) is 0 Å². The van der Waals surface area contributed by atoms with Crippen LogP contribution in [0.2, 0.25) is 0 Å². The molecule has 26 heavy (non-hydrogen) atoms. The quantitative estimate of drug-likeness (QED) is 0.340. The maximum Gasteiger partial charge on any atom is 0.261 e. The van der Waals surface area contributed by atoms with E-state index >= 15 is 0 Å². The van der Waals surface area contributed by atoms with Crippen molar-refractivity contribution in [3.63, 3.8) is 0 Å². The van der Waals surface area contributed by atoms with Gasteiger partial charge >= 0.3 is 0 Å². The molecule has 0 fully saturated rings. The zero-order valence-corrected chi connectivity index (χ0v) is 15.5. The second kappa shape index (κ2) is 8.62. The number of carbonyl (C=O) groups excluding carboxylic acids is 2. The number of hydrogen-bond acceptors (Lipinski definition) is 4. The molecular formula is C19H22N4O2S. The molecule has 1 aliphatic rings. The first-order valence-corrected chi connectivity index (χ1v) is 9.56. The summed E-state index contributed by atoms with van der Waals surface area (Å²) in [5, 5.41) is 10.7. The van der Waals surface area contributed by atoms with Gasteiger partial charge in [-0.25, -0.2) is 0 Å². The second-order valence-corrected chi connectivity index (χ2v) is 6.78. The van der Waals surface area contributed by atoms with Crippen molar-refractivity contribution >= 4 is 29.1 Å². The minimum absolute atomic E-state index is 0.188. The molecular weight excluding hydrogens is 348 g/mol. The number of fused-ring (bicyclic) bond motifs is 1. The number of benzene rings is 1. The molecule has 0 saturated heterocycles. The van der Waals surface area contributed by atoms with Crippen molar-refractivity contribution in [2.24, 2.45) is 4.99 Å². The van der Waals surface area contributed by atoms with Crippen molar-refractivity contribution in [1.82, 2.24) is 15.5 Å². The van der Waals surface area contributed by atoms with Crippen molar-refractivity contribution in [2.75, 3.05) is 20.1 Å². The van der Waals surface area contributed by atoms with Gasteiger partial charge in [0.25, 0.3) is 11.8 Å². The number of imide groups is 1. The van der Waals surface area contributed by atoms with Crippen LogP contribution in [0.5, 0.6) is 0 Å². The monoisotopic (exact) mass is 370 g/mol. The van der Waals surface area contributed by atoms with E-state index in [2.05, 4.69) is 27.1 Å². The van der Waals surface area contributed by atoms with E-state index in [0.29, 0.717) is 17.7 Å². The summed E-state index contributed by atoms with van der Waals surface area (Å²) in [4.78, 5) is 30.1. The average molecular weight is 370 g/mol. The van der Waals surface area contributed by atoms with E-state index in [-0.39, 0.29) is 11.8 Å². The Kier molecular flexibility index (Phi) is 6.01. The Hall–Kier alpha value is -2.67. The molecule has 1 aliphatic heterocycles. The number of thiophene rings is 1. The lowest BCUT2D eigenvalue weighted by atomic mass is 10.1. The van der Waals surface area contributed by atoms with E-state index in [0.717, 1.165) is 31.9 Å². The van der Waals surface area contributed by atoms with Crippen LogP contribution in [0.3, 0.4) is 0 Å². The normalized spacial score (nSPS) is 13.9. The Balaban J connectivity index is 1.38. The summed E-state index contributed by atoms with van der Waals surface area (Å²) >= 11 is 1.67. The van der Waals surface area contributed by atoms with Gasteiger partial charge in [-0.05, 0) is 47.4 Å². The average Bonchev–Trinajstić information content (AvgIpc) is 3.26. The molecule has 0 bridgehead atoms. The standard InChI is InChI=1S/C19H22N4O2S/c1-20-19(22-12-14-8-11-26-13-14)21-9-4-5-10-23-17(24)15-6-2-3-7-16(15)18(23)25/h2-3,6-8,11,13H,4-5,9-10,12H2,1H3,(H2,20,21,22). The highest BCUT2D eigenvalue weighted by molar-refractivity contribution is 7.07. The Labute approximate surface area is 156 Å². The first-order chi connectivity index (χ1) is 12.7. The van der Waals surface area contributed by atoms with E-state index < -0.39 is 0 Å². The number of hydrogen-bond donors (Lipinski definition) is 2. The van der Waals surface area contributed by atoms with E-state index in [1.54, 1.807) is 42.6 Å². The van der Waals surface area contributed by atoms with Crippen LogP contribution in [0.25, 0.3) is 0 Å². The second-order valence-electron chi connectivity index (χ2n) is 6.00. The van der Waals surface area contributed by atoms with Crippen LogP contribution in [-0.4, -0.2) is 42.8 Å². The summed E-state index contributed by atoms with van der Waals surface area (Å²) in [6.45, 7) is 1.90. The molecule has 2 N–H and O–H groups in total. The summed E-state index contributed by atoms with van der Waals surface area (Å²) in [7, 11) is 1.74. The Bertz CT molecular complexity index is 767. The molecule has 6 nitrogen and oxygen atoms in total. The number of amides is 2. The molecule has 0 radical (unpaired) electrons. The summed E-state index contributed by atoms with van der Waals surface area (Å²) < 4.78 is 0. The topological polar surface area (TPSA) is 73.8 Å². The predicted octanol–water partition coefficient (Wildman–Crippen LogP) is 2.49. The molecule has 1 aromatic heterocycles. The number of unbranched alkanes of at least 4 members (excludes halogenated alkanes) is 1. The minimum atomic E-state index is -0.188. The van der Waals surface area contributed by atoms with Crippen molar-refractivity contribution in [2.45, 2.75) is 19.4 Å². The molecule has 136 valence electrons. The fraction of sp³-hybridized carbons (Fsp3) is 0.316. The van der Waals surface area contributed by atoms with Gasteiger partial charge in [0.2, 0.25) is 0 Å². The molecule has 1 aromatic carbocycles. The van der Waals surface area contributed by atoms with Gasteiger partial charge in [-0.15, -0.1) is 0 Å². The zero-order chi connectivity index (χ0) is 18.4. The Morgan fingerprint density at radius 2 is 1.81 bits per heavy atom. The Morgan fingerprint density at radius 3 is 2.42 bits per heavy atom. The molecule has 7 heteroatoms. The zero-order valence-electron chi connectivity index (χ0n) is 14.7. The van der Waals surface area contributed by atoms with Gasteiger partial charge < -0.3 is 10.6 Å². The number of aliphatic imine (C=N–C) groups is 1. The van der Waals surface area contributed by atoms with Gasteiger partial charge in [-0.1, -0.05) is 12.1 Å². The molecule has 2 heterocycles. The first kappa shape index (κ1) is 18.1. The van der Waals surface area contributed by atoms with Gasteiger partial charge in [0, 0.05) is 26.7 Å². The summed E-state index contributed by atoms with van der Waals surface area (Å²) in [6.07, 6.45) is 1.59. The number of nitrogens with one attached hydrogen (secondary N) is 2. The minimum Gasteiger partial charge on any atom is -0.356 e. The van der Waals surface area contributed by atoms with Crippen LogP contribution < -0.4 is 10.6 Å². The van der Waals surface area contributed by atoms with Gasteiger partial charge in [0.05, 0.1) is 11.1 Å². The summed E-state index contributed by atoms with van der Waals surface area (Å²) in [5.41, 5.74) is 2.24. The summed E-state index contributed by atoms with van der Waals surface area (Å²) in [6, 6.07) is 9.06. The van der Waals surface area contributed by atoms with Crippen LogP contribution in [0.15, 0.2) is 46.1 Å². The molecule has 0 saturated carbocycles. The van der Waals surface area contributed by atoms with E-state index in [1.165, 1.54) is 10.5 Å². The lowest BCUT2D eigenvalue weighted by Gasteiger charge is -2.14.